The fourth-order valence-electron chi connectivity index (χ4n) is 3.15. The van der Waals surface area contributed by atoms with Gasteiger partial charge in [-0.2, -0.15) is 0 Å². The number of ether oxygens (including phenoxy) is 1. The van der Waals surface area contributed by atoms with Crippen molar-refractivity contribution in [2.24, 2.45) is 17.1 Å². The van der Waals surface area contributed by atoms with E-state index in [1.165, 1.54) is 0 Å². The molecule has 2 rings (SSSR count). The number of carbonyl (C=O) groups excluding carboxylic acids is 1. The van der Waals surface area contributed by atoms with Gasteiger partial charge < -0.3 is 15.4 Å². The van der Waals surface area contributed by atoms with Crippen LogP contribution >= 0.6 is 0 Å². The number of fused-ring (bicyclic) bond motifs is 1. The van der Waals surface area contributed by atoms with Crippen molar-refractivity contribution in [1.29, 1.82) is 0 Å². The molecule has 0 aromatic heterocycles. The van der Waals surface area contributed by atoms with E-state index in [0.29, 0.717) is 12.5 Å². The van der Waals surface area contributed by atoms with Gasteiger partial charge in [0.15, 0.2) is 6.61 Å². The van der Waals surface area contributed by atoms with Crippen molar-refractivity contribution in [1.82, 2.24) is 0 Å². The van der Waals surface area contributed by atoms with Gasteiger partial charge in [-0.05, 0) is 35.4 Å². The summed E-state index contributed by atoms with van der Waals surface area (Å²) in [6.45, 7) is 10.3. The lowest BCUT2D eigenvalue weighted by molar-refractivity contribution is -0.121. The molecule has 1 aromatic rings. The Balaban J connectivity index is 2.19. The SMILES string of the molecule is CCC(CCN1C(=O)COc2ccc(CN)cc21)C(C)(C)C. The maximum atomic E-state index is 12.3. The molecule has 0 bridgehead atoms. The monoisotopic (exact) mass is 304 g/mol. The third-order valence-electron chi connectivity index (χ3n) is 4.62. The molecule has 0 aliphatic carbocycles. The second-order valence-electron chi connectivity index (χ2n) is 7.10. The van der Waals surface area contributed by atoms with Crippen molar-refractivity contribution in [2.75, 3.05) is 18.1 Å². The Morgan fingerprint density at radius 2 is 2.09 bits per heavy atom. The Labute approximate surface area is 133 Å². The van der Waals surface area contributed by atoms with E-state index in [4.69, 9.17) is 10.5 Å². The number of rotatable bonds is 5. The van der Waals surface area contributed by atoms with E-state index >= 15 is 0 Å². The molecule has 0 radical (unpaired) electrons. The second-order valence-corrected chi connectivity index (χ2v) is 7.10. The zero-order valence-corrected chi connectivity index (χ0v) is 14.2. The molecule has 22 heavy (non-hydrogen) atoms. The Morgan fingerprint density at radius 3 is 2.68 bits per heavy atom. The average Bonchev–Trinajstić information content (AvgIpc) is 2.47. The molecule has 1 atom stereocenters. The first-order valence-corrected chi connectivity index (χ1v) is 8.13. The fraction of sp³-hybridized carbons (Fsp3) is 0.611. The number of amides is 1. The molecule has 1 aliphatic rings. The van der Waals surface area contributed by atoms with Crippen LogP contribution in [0.3, 0.4) is 0 Å². The summed E-state index contributed by atoms with van der Waals surface area (Å²) in [4.78, 5) is 14.1. The van der Waals surface area contributed by atoms with E-state index < -0.39 is 0 Å². The standard InChI is InChI=1S/C18H28N2O2/c1-5-14(18(2,3)4)8-9-20-15-10-13(11-19)6-7-16(15)22-12-17(20)21/h6-7,10,14H,5,8-9,11-12,19H2,1-4H3. The van der Waals surface area contributed by atoms with Gasteiger partial charge in [0.05, 0.1) is 5.69 Å². The number of hydrogen-bond acceptors (Lipinski definition) is 3. The van der Waals surface area contributed by atoms with Gasteiger partial charge in [-0.1, -0.05) is 40.2 Å². The van der Waals surface area contributed by atoms with Crippen LogP contribution in [0.25, 0.3) is 0 Å². The lowest BCUT2D eigenvalue weighted by Gasteiger charge is -2.34. The normalized spacial score (nSPS) is 16.2. The molecule has 1 amide bonds. The predicted molar refractivity (Wildman–Crippen MR) is 90.0 cm³/mol. The van der Waals surface area contributed by atoms with E-state index in [-0.39, 0.29) is 17.9 Å². The summed E-state index contributed by atoms with van der Waals surface area (Å²) in [5, 5.41) is 0. The Hall–Kier alpha value is -1.55. The molecule has 0 saturated carbocycles. The second kappa shape index (κ2) is 6.69. The van der Waals surface area contributed by atoms with Gasteiger partial charge in [-0.15, -0.1) is 0 Å². The molecule has 1 unspecified atom stereocenters. The molecular formula is C18H28N2O2. The van der Waals surface area contributed by atoms with Crippen LogP contribution in [0, 0.1) is 11.3 Å². The Kier molecular flexibility index (Phi) is 5.12. The topological polar surface area (TPSA) is 55.6 Å². The molecule has 1 aromatic carbocycles. The molecular weight excluding hydrogens is 276 g/mol. The van der Waals surface area contributed by atoms with Crippen LogP contribution in [0.1, 0.15) is 46.1 Å². The van der Waals surface area contributed by atoms with Gasteiger partial charge in [0.1, 0.15) is 5.75 Å². The molecule has 4 nitrogen and oxygen atoms in total. The van der Waals surface area contributed by atoms with Crippen molar-refractivity contribution in [2.45, 2.75) is 47.1 Å². The van der Waals surface area contributed by atoms with Gasteiger partial charge >= 0.3 is 0 Å². The third-order valence-corrected chi connectivity index (χ3v) is 4.62. The zero-order valence-electron chi connectivity index (χ0n) is 14.2. The number of carbonyl (C=O) groups is 1. The highest BCUT2D eigenvalue weighted by molar-refractivity contribution is 5.97. The molecule has 1 aliphatic heterocycles. The molecule has 2 N–H and O–H groups in total. The van der Waals surface area contributed by atoms with Gasteiger partial charge in [0.2, 0.25) is 0 Å². The first kappa shape index (κ1) is 16.8. The third kappa shape index (κ3) is 3.61. The van der Waals surface area contributed by atoms with Crippen molar-refractivity contribution in [3.05, 3.63) is 23.8 Å². The Bertz CT molecular complexity index is 534. The fourth-order valence-corrected chi connectivity index (χ4v) is 3.15. The summed E-state index contributed by atoms with van der Waals surface area (Å²) in [6.07, 6.45) is 2.12. The highest BCUT2D eigenvalue weighted by atomic mass is 16.5. The van der Waals surface area contributed by atoms with E-state index in [1.807, 2.05) is 23.1 Å². The first-order chi connectivity index (χ1) is 10.4. The molecule has 0 saturated heterocycles. The summed E-state index contributed by atoms with van der Waals surface area (Å²) in [7, 11) is 0. The van der Waals surface area contributed by atoms with Crippen molar-refractivity contribution in [3.8, 4) is 5.75 Å². The molecule has 1 heterocycles. The van der Waals surface area contributed by atoms with Gasteiger partial charge in [-0.25, -0.2) is 0 Å². The first-order valence-electron chi connectivity index (χ1n) is 8.13. The maximum absolute atomic E-state index is 12.3. The number of hydrogen-bond donors (Lipinski definition) is 1. The van der Waals surface area contributed by atoms with Crippen molar-refractivity contribution >= 4 is 11.6 Å². The molecule has 0 spiro atoms. The molecule has 122 valence electrons. The van der Waals surface area contributed by atoms with Crippen LogP contribution in [-0.2, 0) is 11.3 Å². The average molecular weight is 304 g/mol. The highest BCUT2D eigenvalue weighted by Crippen LogP contribution is 2.36. The van der Waals surface area contributed by atoms with Gasteiger partial charge in [-0.3, -0.25) is 4.79 Å². The van der Waals surface area contributed by atoms with Crippen LogP contribution in [0.2, 0.25) is 0 Å². The Morgan fingerprint density at radius 1 is 1.36 bits per heavy atom. The van der Waals surface area contributed by atoms with Gasteiger partial charge in [0.25, 0.3) is 5.91 Å². The largest absolute Gasteiger partial charge is 0.482 e. The quantitative estimate of drug-likeness (QED) is 0.907. The summed E-state index contributed by atoms with van der Waals surface area (Å²) < 4.78 is 5.53. The summed E-state index contributed by atoms with van der Waals surface area (Å²) in [5.41, 5.74) is 7.86. The van der Waals surface area contributed by atoms with Crippen LogP contribution in [0.15, 0.2) is 18.2 Å². The van der Waals surface area contributed by atoms with Crippen LogP contribution in [-0.4, -0.2) is 19.1 Å². The number of nitrogens with two attached hydrogens (primary N) is 1. The van der Waals surface area contributed by atoms with Crippen LogP contribution in [0.5, 0.6) is 5.75 Å². The maximum Gasteiger partial charge on any atom is 0.265 e. The van der Waals surface area contributed by atoms with Crippen molar-refractivity contribution in [3.63, 3.8) is 0 Å². The smallest absolute Gasteiger partial charge is 0.265 e. The highest BCUT2D eigenvalue weighted by Gasteiger charge is 2.28. The van der Waals surface area contributed by atoms with Crippen molar-refractivity contribution < 1.29 is 9.53 Å². The van der Waals surface area contributed by atoms with E-state index in [9.17, 15) is 4.79 Å². The number of benzene rings is 1. The van der Waals surface area contributed by atoms with Crippen LogP contribution < -0.4 is 15.4 Å². The summed E-state index contributed by atoms with van der Waals surface area (Å²) in [6, 6.07) is 5.85. The minimum Gasteiger partial charge on any atom is -0.482 e. The minimum absolute atomic E-state index is 0.0328. The minimum atomic E-state index is 0.0328. The van der Waals surface area contributed by atoms with E-state index in [1.54, 1.807) is 0 Å². The van der Waals surface area contributed by atoms with Gasteiger partial charge in [0, 0.05) is 13.1 Å². The zero-order chi connectivity index (χ0) is 16.3. The predicted octanol–water partition coefficient (Wildman–Crippen LogP) is 3.33. The van der Waals surface area contributed by atoms with E-state index in [2.05, 4.69) is 27.7 Å². The van der Waals surface area contributed by atoms with Crippen LogP contribution in [0.4, 0.5) is 5.69 Å². The summed E-state index contributed by atoms with van der Waals surface area (Å²) in [5.74, 6) is 1.40. The van der Waals surface area contributed by atoms with E-state index in [0.717, 1.165) is 36.4 Å². The molecule has 4 heteroatoms. The molecule has 0 fully saturated rings. The summed E-state index contributed by atoms with van der Waals surface area (Å²) >= 11 is 0. The lowest BCUT2D eigenvalue weighted by Crippen LogP contribution is -2.40. The number of anilines is 1. The lowest BCUT2D eigenvalue weighted by atomic mass is 9.77. The number of nitrogens with zero attached hydrogens (tertiary/aromatic N) is 1.